The Balaban J connectivity index is 2.27. The number of imidazole rings is 1. The normalized spacial score (nSPS) is 10.7. The van der Waals surface area contributed by atoms with Gasteiger partial charge in [-0.1, -0.05) is 24.4 Å². The van der Waals surface area contributed by atoms with Gasteiger partial charge in [-0.25, -0.2) is 15.0 Å². The fourth-order valence-corrected chi connectivity index (χ4v) is 2.15. The number of aromatic nitrogens is 4. The van der Waals surface area contributed by atoms with Gasteiger partial charge in [0.25, 0.3) is 0 Å². The molecule has 0 amide bonds. The van der Waals surface area contributed by atoms with Gasteiger partial charge in [0.15, 0.2) is 0 Å². The fraction of sp³-hybridized carbons (Fsp3) is 0.0769. The average Bonchev–Trinajstić information content (AvgIpc) is 2.76. The van der Waals surface area contributed by atoms with Crippen molar-refractivity contribution in [2.24, 2.45) is 5.73 Å². The molecule has 0 unspecified atom stereocenters. The van der Waals surface area contributed by atoms with Gasteiger partial charge in [0.05, 0.1) is 22.4 Å². The molecule has 0 aliphatic rings. The highest BCUT2D eigenvalue weighted by molar-refractivity contribution is 7.80. The van der Waals surface area contributed by atoms with Gasteiger partial charge >= 0.3 is 0 Å². The zero-order valence-corrected chi connectivity index (χ0v) is 10.8. The van der Waals surface area contributed by atoms with Crippen LogP contribution in [0.4, 0.5) is 0 Å². The van der Waals surface area contributed by atoms with Crippen LogP contribution in [-0.4, -0.2) is 24.5 Å². The van der Waals surface area contributed by atoms with Crippen molar-refractivity contribution in [1.29, 1.82) is 0 Å². The van der Waals surface area contributed by atoms with Gasteiger partial charge in [-0.15, -0.1) is 0 Å². The number of thiocarbonyl (C=S) groups is 1. The lowest BCUT2D eigenvalue weighted by Gasteiger charge is -2.06. The minimum Gasteiger partial charge on any atom is -0.393 e. The van der Waals surface area contributed by atoms with Crippen molar-refractivity contribution in [2.75, 3.05) is 0 Å². The molecule has 0 fully saturated rings. The number of benzene rings is 1. The number of nitrogens with zero attached hydrogens (tertiary/aromatic N) is 4. The number of hydrogen-bond donors (Lipinski definition) is 1. The Hall–Kier alpha value is -2.34. The van der Waals surface area contributed by atoms with Crippen LogP contribution < -0.4 is 5.73 Å². The summed E-state index contributed by atoms with van der Waals surface area (Å²) in [6.07, 6.45) is 3.64. The van der Waals surface area contributed by atoms with E-state index >= 15 is 0 Å². The molecule has 0 bridgehead atoms. The first kappa shape index (κ1) is 11.7. The second kappa shape index (κ2) is 4.74. The third kappa shape index (κ3) is 2.17. The highest BCUT2D eigenvalue weighted by atomic mass is 32.1. The third-order valence-electron chi connectivity index (χ3n) is 2.76. The van der Waals surface area contributed by atoms with E-state index in [2.05, 4.69) is 15.0 Å². The number of nitrogens with two attached hydrogens (primary N) is 1. The summed E-state index contributed by atoms with van der Waals surface area (Å²) in [6.45, 7) is 0. The molecule has 3 rings (SSSR count). The predicted molar refractivity (Wildman–Crippen MR) is 77.1 cm³/mol. The molecule has 0 spiro atoms. The van der Waals surface area contributed by atoms with Crippen molar-refractivity contribution >= 4 is 28.2 Å². The molecule has 0 aliphatic carbocycles. The maximum Gasteiger partial charge on any atom is 0.141 e. The van der Waals surface area contributed by atoms with E-state index in [1.165, 1.54) is 6.33 Å². The lowest BCUT2D eigenvalue weighted by atomic mass is 10.3. The SMILES string of the molecule is NC(=S)Cc1nc2ccccc2n1-c1ccncn1. The number of rotatable bonds is 3. The van der Waals surface area contributed by atoms with Crippen molar-refractivity contribution in [1.82, 2.24) is 19.5 Å². The van der Waals surface area contributed by atoms with E-state index in [9.17, 15) is 0 Å². The molecule has 94 valence electrons. The van der Waals surface area contributed by atoms with Crippen molar-refractivity contribution < 1.29 is 0 Å². The Labute approximate surface area is 115 Å². The van der Waals surface area contributed by atoms with Gasteiger partial charge in [-0.2, -0.15) is 0 Å². The molecule has 19 heavy (non-hydrogen) atoms. The summed E-state index contributed by atoms with van der Waals surface area (Å²) in [7, 11) is 0. The summed E-state index contributed by atoms with van der Waals surface area (Å²) in [5.41, 5.74) is 7.51. The second-order valence-electron chi connectivity index (χ2n) is 4.06. The summed E-state index contributed by atoms with van der Waals surface area (Å²) in [6, 6.07) is 9.69. The van der Waals surface area contributed by atoms with Crippen LogP contribution in [0.25, 0.3) is 16.9 Å². The van der Waals surface area contributed by atoms with Crippen molar-refractivity contribution in [2.45, 2.75) is 6.42 Å². The topological polar surface area (TPSA) is 69.6 Å². The first-order valence-corrected chi connectivity index (χ1v) is 6.17. The molecule has 0 saturated heterocycles. The summed E-state index contributed by atoms with van der Waals surface area (Å²) < 4.78 is 1.95. The van der Waals surface area contributed by atoms with Crippen LogP contribution in [0.3, 0.4) is 0 Å². The first-order valence-electron chi connectivity index (χ1n) is 5.77. The Bertz CT molecular complexity index is 735. The molecule has 3 aromatic rings. The fourth-order valence-electron chi connectivity index (χ4n) is 2.02. The molecular formula is C13H11N5S. The average molecular weight is 269 g/mol. The maximum atomic E-state index is 5.64. The van der Waals surface area contributed by atoms with Gasteiger partial charge in [0.2, 0.25) is 0 Å². The van der Waals surface area contributed by atoms with Crippen LogP contribution in [0.15, 0.2) is 42.9 Å². The van der Waals surface area contributed by atoms with Gasteiger partial charge < -0.3 is 5.73 Å². The number of fused-ring (bicyclic) bond motifs is 1. The maximum absolute atomic E-state index is 5.64. The standard InChI is InChI=1S/C13H11N5S/c14-11(19)7-13-17-9-3-1-2-4-10(9)18(13)12-5-6-15-8-16-12/h1-6,8H,7H2,(H2,14,19). The lowest BCUT2D eigenvalue weighted by molar-refractivity contribution is 0.920. The van der Waals surface area contributed by atoms with Crippen LogP contribution in [0, 0.1) is 0 Å². The van der Waals surface area contributed by atoms with Crippen molar-refractivity contribution in [3.63, 3.8) is 0 Å². The van der Waals surface area contributed by atoms with Crippen LogP contribution in [0.2, 0.25) is 0 Å². The Kier molecular flexibility index (Phi) is 2.92. The second-order valence-corrected chi connectivity index (χ2v) is 4.59. The highest BCUT2D eigenvalue weighted by Gasteiger charge is 2.13. The van der Waals surface area contributed by atoms with Gasteiger partial charge in [0.1, 0.15) is 18.0 Å². The zero-order valence-electron chi connectivity index (χ0n) is 10.0. The molecule has 6 heteroatoms. The van der Waals surface area contributed by atoms with Crippen molar-refractivity contribution in [3.8, 4) is 5.82 Å². The molecule has 2 N–H and O–H groups in total. The monoisotopic (exact) mass is 269 g/mol. The van der Waals surface area contributed by atoms with Gasteiger partial charge in [-0.3, -0.25) is 4.57 Å². The molecule has 1 aromatic carbocycles. The third-order valence-corrected chi connectivity index (χ3v) is 2.90. The minimum absolute atomic E-state index is 0.408. The van der Waals surface area contributed by atoms with Gasteiger partial charge in [-0.05, 0) is 18.2 Å². The van der Waals surface area contributed by atoms with Crippen molar-refractivity contribution in [3.05, 3.63) is 48.7 Å². The van der Waals surface area contributed by atoms with Gasteiger partial charge in [0, 0.05) is 6.20 Å². The van der Waals surface area contributed by atoms with Crippen LogP contribution in [0.5, 0.6) is 0 Å². The number of para-hydroxylation sites is 2. The Morgan fingerprint density at radius 2 is 2.11 bits per heavy atom. The Morgan fingerprint density at radius 3 is 2.84 bits per heavy atom. The van der Waals surface area contributed by atoms with E-state index in [1.54, 1.807) is 6.20 Å². The summed E-state index contributed by atoms with van der Waals surface area (Å²) in [5.74, 6) is 1.54. The van der Waals surface area contributed by atoms with E-state index in [1.807, 2.05) is 34.9 Å². The molecule has 2 aromatic heterocycles. The minimum atomic E-state index is 0.408. The largest absolute Gasteiger partial charge is 0.393 e. The lowest BCUT2D eigenvalue weighted by Crippen LogP contribution is -2.15. The van der Waals surface area contributed by atoms with E-state index in [0.717, 1.165) is 22.7 Å². The van der Waals surface area contributed by atoms with Crippen LogP contribution in [-0.2, 0) is 6.42 Å². The van der Waals surface area contributed by atoms with Crippen LogP contribution in [0.1, 0.15) is 5.82 Å². The molecule has 2 heterocycles. The molecule has 0 atom stereocenters. The molecule has 0 saturated carbocycles. The molecular weight excluding hydrogens is 258 g/mol. The molecule has 0 aliphatic heterocycles. The first-order chi connectivity index (χ1) is 9.25. The quantitative estimate of drug-likeness (QED) is 0.732. The molecule has 5 nitrogen and oxygen atoms in total. The Morgan fingerprint density at radius 1 is 1.26 bits per heavy atom. The summed E-state index contributed by atoms with van der Waals surface area (Å²) in [4.78, 5) is 13.2. The zero-order chi connectivity index (χ0) is 13.2. The van der Waals surface area contributed by atoms with E-state index in [0.29, 0.717) is 11.4 Å². The molecule has 0 radical (unpaired) electrons. The van der Waals surface area contributed by atoms with E-state index in [4.69, 9.17) is 18.0 Å². The smallest absolute Gasteiger partial charge is 0.141 e. The highest BCUT2D eigenvalue weighted by Crippen LogP contribution is 2.20. The summed E-state index contributed by atoms with van der Waals surface area (Å²) >= 11 is 4.98. The predicted octanol–water partition coefficient (Wildman–Crippen LogP) is 1.64. The van der Waals surface area contributed by atoms with Crippen LogP contribution >= 0.6 is 12.2 Å². The van der Waals surface area contributed by atoms with E-state index < -0.39 is 0 Å². The van der Waals surface area contributed by atoms with E-state index in [-0.39, 0.29) is 0 Å². The number of hydrogen-bond acceptors (Lipinski definition) is 4. The summed E-state index contributed by atoms with van der Waals surface area (Å²) in [5, 5.41) is 0.